The van der Waals surface area contributed by atoms with Gasteiger partial charge < -0.3 is 4.74 Å². The van der Waals surface area contributed by atoms with Gasteiger partial charge in [0.2, 0.25) is 0 Å². The van der Waals surface area contributed by atoms with Crippen LogP contribution < -0.4 is 4.74 Å². The molecule has 17 heavy (non-hydrogen) atoms. The summed E-state index contributed by atoms with van der Waals surface area (Å²) < 4.78 is 40.0. The highest BCUT2D eigenvalue weighted by Crippen LogP contribution is 2.47. The molecule has 1 aromatic carbocycles. The van der Waals surface area contributed by atoms with Crippen LogP contribution in [0.4, 0.5) is 13.2 Å². The summed E-state index contributed by atoms with van der Waals surface area (Å²) in [5, 5.41) is 8.81. The van der Waals surface area contributed by atoms with Gasteiger partial charge in [0.1, 0.15) is 11.8 Å². The van der Waals surface area contributed by atoms with Gasteiger partial charge in [0.05, 0.1) is 5.56 Å². The van der Waals surface area contributed by atoms with E-state index in [1.54, 1.807) is 12.1 Å². The van der Waals surface area contributed by atoms with Crippen LogP contribution in [0.15, 0.2) is 18.2 Å². The molecule has 1 aliphatic rings. The first-order valence-electron chi connectivity index (χ1n) is 5.20. The molecule has 1 saturated carbocycles. The molecular formula is C12H10F3NO. The Hall–Kier alpha value is -1.70. The van der Waals surface area contributed by atoms with Gasteiger partial charge in [-0.25, -0.2) is 0 Å². The van der Waals surface area contributed by atoms with E-state index < -0.39 is 12.1 Å². The van der Waals surface area contributed by atoms with Gasteiger partial charge >= 0.3 is 6.36 Å². The molecule has 5 heteroatoms. The Morgan fingerprint density at radius 1 is 1.41 bits per heavy atom. The number of halogens is 3. The van der Waals surface area contributed by atoms with Crippen molar-refractivity contribution in [2.24, 2.45) is 5.92 Å². The molecule has 0 aromatic heterocycles. The van der Waals surface area contributed by atoms with Gasteiger partial charge in [0, 0.05) is 0 Å². The van der Waals surface area contributed by atoms with Crippen LogP contribution in [0.1, 0.15) is 30.4 Å². The van der Waals surface area contributed by atoms with Gasteiger partial charge in [-0.1, -0.05) is 13.0 Å². The summed E-state index contributed by atoms with van der Waals surface area (Å²) in [5.41, 5.74) is 0.836. The topological polar surface area (TPSA) is 33.0 Å². The normalized spacial score (nSPS) is 23.0. The van der Waals surface area contributed by atoms with E-state index >= 15 is 0 Å². The van der Waals surface area contributed by atoms with E-state index in [2.05, 4.69) is 11.7 Å². The molecule has 1 aliphatic carbocycles. The zero-order chi connectivity index (χ0) is 12.6. The van der Waals surface area contributed by atoms with Crippen LogP contribution >= 0.6 is 0 Å². The molecule has 0 unspecified atom stereocenters. The number of hydrogen-bond acceptors (Lipinski definition) is 2. The van der Waals surface area contributed by atoms with Crippen molar-refractivity contribution in [3.8, 4) is 11.8 Å². The quantitative estimate of drug-likeness (QED) is 0.792. The van der Waals surface area contributed by atoms with Gasteiger partial charge in [-0.05, 0) is 36.0 Å². The first-order chi connectivity index (χ1) is 7.90. The minimum Gasteiger partial charge on any atom is -0.404 e. The molecule has 1 aromatic rings. The number of alkyl halides is 3. The van der Waals surface area contributed by atoms with Gasteiger partial charge in [0.25, 0.3) is 0 Å². The van der Waals surface area contributed by atoms with Crippen molar-refractivity contribution in [1.82, 2.24) is 0 Å². The fourth-order valence-corrected chi connectivity index (χ4v) is 1.87. The average molecular weight is 241 g/mol. The van der Waals surface area contributed by atoms with E-state index in [0.29, 0.717) is 11.8 Å². The first kappa shape index (κ1) is 11.8. The Bertz CT molecular complexity index is 476. The molecular weight excluding hydrogens is 231 g/mol. The number of benzene rings is 1. The molecule has 0 amide bonds. The maximum Gasteiger partial charge on any atom is 0.573 e. The summed E-state index contributed by atoms with van der Waals surface area (Å²) in [7, 11) is 0. The van der Waals surface area contributed by atoms with Gasteiger partial charge in [-0.3, -0.25) is 0 Å². The lowest BCUT2D eigenvalue weighted by molar-refractivity contribution is -0.274. The van der Waals surface area contributed by atoms with E-state index in [0.717, 1.165) is 12.0 Å². The van der Waals surface area contributed by atoms with Crippen molar-refractivity contribution in [1.29, 1.82) is 5.26 Å². The van der Waals surface area contributed by atoms with Crippen LogP contribution in [0.2, 0.25) is 0 Å². The van der Waals surface area contributed by atoms with Crippen molar-refractivity contribution in [2.45, 2.75) is 25.6 Å². The largest absolute Gasteiger partial charge is 0.573 e. The molecule has 2 atom stereocenters. The van der Waals surface area contributed by atoms with E-state index in [1.807, 2.05) is 0 Å². The van der Waals surface area contributed by atoms with Gasteiger partial charge in [-0.15, -0.1) is 13.2 Å². The van der Waals surface area contributed by atoms with Crippen LogP contribution in [-0.4, -0.2) is 6.36 Å². The Morgan fingerprint density at radius 3 is 2.53 bits per heavy atom. The van der Waals surface area contributed by atoms with E-state index in [1.165, 1.54) is 12.1 Å². The van der Waals surface area contributed by atoms with Crippen LogP contribution in [0.3, 0.4) is 0 Å². The summed E-state index contributed by atoms with van der Waals surface area (Å²) in [4.78, 5) is 0. The smallest absolute Gasteiger partial charge is 0.404 e. The zero-order valence-electron chi connectivity index (χ0n) is 9.08. The van der Waals surface area contributed by atoms with Crippen molar-refractivity contribution in [2.75, 3.05) is 0 Å². The SMILES string of the molecule is C[C@H]1C[C@@H]1c1ccc(OC(F)(F)F)c(C#N)c1. The monoisotopic (exact) mass is 241 g/mol. The third kappa shape index (κ3) is 2.70. The second-order valence-corrected chi connectivity index (χ2v) is 4.23. The number of nitriles is 1. The Kier molecular flexibility index (Phi) is 2.74. The van der Waals surface area contributed by atoms with Crippen LogP contribution in [0.5, 0.6) is 5.75 Å². The maximum atomic E-state index is 12.1. The first-order valence-corrected chi connectivity index (χ1v) is 5.20. The van der Waals surface area contributed by atoms with Crippen molar-refractivity contribution < 1.29 is 17.9 Å². The molecule has 0 saturated heterocycles. The summed E-state index contributed by atoms with van der Waals surface area (Å²) in [6.45, 7) is 2.07. The molecule has 0 N–H and O–H groups in total. The van der Waals surface area contributed by atoms with Crippen LogP contribution in [0.25, 0.3) is 0 Å². The lowest BCUT2D eigenvalue weighted by Gasteiger charge is -2.11. The molecule has 0 radical (unpaired) electrons. The predicted octanol–water partition coefficient (Wildman–Crippen LogP) is 3.58. The fourth-order valence-electron chi connectivity index (χ4n) is 1.87. The van der Waals surface area contributed by atoms with Gasteiger partial charge in [-0.2, -0.15) is 5.26 Å². The summed E-state index contributed by atoms with van der Waals surface area (Å²) >= 11 is 0. The summed E-state index contributed by atoms with van der Waals surface area (Å²) in [6, 6.07) is 6.02. The lowest BCUT2D eigenvalue weighted by atomic mass is 10.1. The molecule has 0 heterocycles. The van der Waals surface area contributed by atoms with E-state index in [9.17, 15) is 13.2 Å². The highest BCUT2D eigenvalue weighted by Gasteiger charge is 2.35. The van der Waals surface area contributed by atoms with E-state index in [4.69, 9.17) is 5.26 Å². The standard InChI is InChI=1S/C12H10F3NO/c1-7-4-10(7)8-2-3-11(9(5-8)6-16)17-12(13,14)15/h2-3,5,7,10H,4H2,1H3/t7-,10-/m0/s1. The third-order valence-corrected chi connectivity index (χ3v) is 2.89. The second-order valence-electron chi connectivity index (χ2n) is 4.23. The average Bonchev–Trinajstić information content (AvgIpc) is 2.94. The van der Waals surface area contributed by atoms with Crippen LogP contribution in [-0.2, 0) is 0 Å². The molecule has 2 nitrogen and oxygen atoms in total. The molecule has 1 fully saturated rings. The Labute approximate surface area is 96.6 Å². The Morgan fingerprint density at radius 2 is 2.06 bits per heavy atom. The molecule has 90 valence electrons. The molecule has 2 rings (SSSR count). The predicted molar refractivity (Wildman–Crippen MR) is 54.4 cm³/mol. The third-order valence-electron chi connectivity index (χ3n) is 2.89. The fraction of sp³-hybridized carbons (Fsp3) is 0.417. The minimum absolute atomic E-state index is 0.0704. The van der Waals surface area contributed by atoms with Crippen molar-refractivity contribution >= 4 is 0 Å². The lowest BCUT2D eigenvalue weighted by Crippen LogP contribution is -2.17. The molecule has 0 spiro atoms. The highest BCUT2D eigenvalue weighted by atomic mass is 19.4. The number of hydrogen-bond donors (Lipinski definition) is 0. The number of rotatable bonds is 2. The minimum atomic E-state index is -4.76. The maximum absolute atomic E-state index is 12.1. The van der Waals surface area contributed by atoms with E-state index in [-0.39, 0.29) is 5.56 Å². The number of ether oxygens (including phenoxy) is 1. The summed E-state index contributed by atoms with van der Waals surface area (Å²) in [6.07, 6.45) is -3.75. The van der Waals surface area contributed by atoms with Crippen molar-refractivity contribution in [3.63, 3.8) is 0 Å². The van der Waals surface area contributed by atoms with Gasteiger partial charge in [0.15, 0.2) is 0 Å². The Balaban J connectivity index is 2.27. The summed E-state index contributed by atoms with van der Waals surface area (Å²) in [5.74, 6) is 0.468. The molecule has 0 bridgehead atoms. The number of nitrogens with zero attached hydrogens (tertiary/aromatic N) is 1. The zero-order valence-corrected chi connectivity index (χ0v) is 9.08. The molecule has 0 aliphatic heterocycles. The second kappa shape index (κ2) is 3.95. The highest BCUT2D eigenvalue weighted by molar-refractivity contribution is 5.47. The van der Waals surface area contributed by atoms with Crippen LogP contribution in [0, 0.1) is 17.2 Å². The van der Waals surface area contributed by atoms with Crippen molar-refractivity contribution in [3.05, 3.63) is 29.3 Å².